The van der Waals surface area contributed by atoms with E-state index in [0.29, 0.717) is 0 Å². The van der Waals surface area contributed by atoms with E-state index >= 15 is 0 Å². The smallest absolute Gasteiger partial charge is 0.335 e. The minimum Gasteiger partial charge on any atom is -0.507 e. The fourth-order valence-electron chi connectivity index (χ4n) is 4.92. The number of hydrogen-bond acceptors (Lipinski definition) is 15. The molecule has 10 N–H and O–H groups in total. The molecule has 0 saturated carbocycles. The highest BCUT2D eigenvalue weighted by molar-refractivity contribution is 5.88. The van der Waals surface area contributed by atoms with Crippen LogP contribution in [0.25, 0.3) is 22.3 Å². The van der Waals surface area contributed by atoms with Gasteiger partial charge in [0, 0.05) is 17.7 Å². The normalized spacial score (nSPS) is 31.7. The molecule has 42 heavy (non-hydrogen) atoms. The number of carboxylic acids is 1. The Morgan fingerprint density at radius 1 is 0.857 bits per heavy atom. The Morgan fingerprint density at radius 3 is 2.24 bits per heavy atom. The number of aliphatic hydroxyl groups excluding tert-OH is 5. The largest absolute Gasteiger partial charge is 0.507 e. The molecule has 16 heteroatoms. The zero-order valence-corrected chi connectivity index (χ0v) is 21.2. The van der Waals surface area contributed by atoms with Gasteiger partial charge in [0.1, 0.15) is 71.0 Å². The van der Waals surface area contributed by atoms with E-state index in [4.69, 9.17) is 18.6 Å². The molecule has 0 unspecified atom stereocenters. The van der Waals surface area contributed by atoms with Gasteiger partial charge in [-0.2, -0.15) is 0 Å². The van der Waals surface area contributed by atoms with E-state index in [1.54, 1.807) is 0 Å². The van der Waals surface area contributed by atoms with Gasteiger partial charge in [0.05, 0.1) is 12.2 Å². The Kier molecular flexibility index (Phi) is 7.73. The molecule has 2 aliphatic rings. The van der Waals surface area contributed by atoms with Crippen LogP contribution in [0.5, 0.6) is 23.0 Å². The summed E-state index contributed by atoms with van der Waals surface area (Å²) in [6.45, 7) is -0.562. The van der Waals surface area contributed by atoms with Crippen molar-refractivity contribution in [1.29, 1.82) is 0 Å². The van der Waals surface area contributed by atoms with E-state index in [-0.39, 0.29) is 16.9 Å². The van der Waals surface area contributed by atoms with E-state index in [0.717, 1.165) is 24.3 Å². The first-order chi connectivity index (χ1) is 19.8. The first kappa shape index (κ1) is 29.5. The van der Waals surface area contributed by atoms with Crippen molar-refractivity contribution in [3.05, 3.63) is 46.1 Å². The summed E-state index contributed by atoms with van der Waals surface area (Å²) in [7, 11) is 0. The highest BCUT2D eigenvalue weighted by atomic mass is 16.7. The molecular weight excluding hydrogens is 568 g/mol. The maximum absolute atomic E-state index is 13.1. The molecule has 2 aliphatic heterocycles. The lowest BCUT2D eigenvalue weighted by atomic mass is 9.91. The second kappa shape index (κ2) is 11.0. The average molecular weight is 594 g/mol. The standard InChI is InChI=1S/C26H26O16/c27-8-2-1-7(3-9(8)28)13-4-10(29)15-14(40-13)5-11(30)16(18(15)33)22-23(17(32)12(31)6-39-22)41-26-21(36)19(34)20(35)24(42-26)25(37)38/h1-5,12,17,19-24,26-28,30-36H,6H2,(H,37,38)/t12-,17-,19-,20+,21+,22-,23+,24-,26+/m0/s1. The molecule has 9 atom stereocenters. The Morgan fingerprint density at radius 2 is 1.57 bits per heavy atom. The molecule has 1 aromatic heterocycles. The first-order valence-electron chi connectivity index (χ1n) is 12.4. The Bertz CT molecular complexity index is 1570. The van der Waals surface area contributed by atoms with Crippen LogP contribution >= 0.6 is 0 Å². The highest BCUT2D eigenvalue weighted by Gasteiger charge is 2.51. The topological polar surface area (TPSA) is 277 Å². The van der Waals surface area contributed by atoms with Crippen LogP contribution in [0.1, 0.15) is 11.7 Å². The summed E-state index contributed by atoms with van der Waals surface area (Å²) in [5.74, 6) is -4.34. The maximum atomic E-state index is 13.1. The summed E-state index contributed by atoms with van der Waals surface area (Å²) in [6, 6.07) is 5.52. The van der Waals surface area contributed by atoms with Crippen LogP contribution in [-0.2, 0) is 19.0 Å². The molecule has 16 nitrogen and oxygen atoms in total. The molecule has 3 aromatic rings. The average Bonchev–Trinajstić information content (AvgIpc) is 2.93. The molecule has 2 fully saturated rings. The lowest BCUT2D eigenvalue weighted by molar-refractivity contribution is -0.330. The van der Waals surface area contributed by atoms with Crippen molar-refractivity contribution in [1.82, 2.24) is 0 Å². The fraction of sp³-hybridized carbons (Fsp3) is 0.385. The summed E-state index contributed by atoms with van der Waals surface area (Å²) in [4.78, 5) is 24.6. The number of fused-ring (bicyclic) bond motifs is 1. The number of ether oxygens (including phenoxy) is 3. The van der Waals surface area contributed by atoms with E-state index < -0.39 is 107 Å². The zero-order chi connectivity index (χ0) is 30.6. The van der Waals surface area contributed by atoms with E-state index in [2.05, 4.69) is 0 Å². The predicted molar refractivity (Wildman–Crippen MR) is 134 cm³/mol. The van der Waals surface area contributed by atoms with Crippen molar-refractivity contribution < 1.29 is 74.5 Å². The molecule has 226 valence electrons. The second-order valence-electron chi connectivity index (χ2n) is 9.86. The third-order valence-electron chi connectivity index (χ3n) is 7.14. The summed E-state index contributed by atoms with van der Waals surface area (Å²) in [5, 5.41) is 102. The number of hydrogen-bond donors (Lipinski definition) is 10. The van der Waals surface area contributed by atoms with Gasteiger partial charge in [-0.15, -0.1) is 0 Å². The number of rotatable bonds is 5. The van der Waals surface area contributed by atoms with Gasteiger partial charge in [0.15, 0.2) is 29.3 Å². The molecule has 0 bridgehead atoms. The molecule has 0 radical (unpaired) electrons. The van der Waals surface area contributed by atoms with Crippen molar-refractivity contribution in [2.45, 2.75) is 55.1 Å². The molecule has 0 aliphatic carbocycles. The van der Waals surface area contributed by atoms with Crippen molar-refractivity contribution in [3.63, 3.8) is 0 Å². The monoisotopic (exact) mass is 594 g/mol. The number of phenols is 4. The molecule has 0 spiro atoms. The Balaban J connectivity index is 1.55. The number of aliphatic carboxylic acids is 1. The summed E-state index contributed by atoms with van der Waals surface area (Å²) >= 11 is 0. The van der Waals surface area contributed by atoms with Crippen LogP contribution in [0.15, 0.2) is 39.5 Å². The third kappa shape index (κ3) is 4.99. The Hall–Kier alpha value is -4.00. The van der Waals surface area contributed by atoms with E-state index in [1.165, 1.54) is 6.07 Å². The van der Waals surface area contributed by atoms with Crippen LogP contribution in [0.3, 0.4) is 0 Å². The van der Waals surface area contributed by atoms with Crippen LogP contribution < -0.4 is 5.43 Å². The number of aliphatic hydroxyl groups is 5. The zero-order valence-electron chi connectivity index (χ0n) is 21.2. The maximum Gasteiger partial charge on any atom is 0.335 e. The molecular formula is C26H26O16. The Labute approximate surface area is 234 Å². The number of carbonyl (C=O) groups is 1. The molecule has 3 heterocycles. The van der Waals surface area contributed by atoms with Gasteiger partial charge in [-0.25, -0.2) is 4.79 Å². The van der Waals surface area contributed by atoms with Gasteiger partial charge in [0.25, 0.3) is 0 Å². The van der Waals surface area contributed by atoms with Crippen LogP contribution in [0.4, 0.5) is 0 Å². The van der Waals surface area contributed by atoms with E-state index in [9.17, 15) is 60.7 Å². The molecule has 2 aromatic carbocycles. The minimum atomic E-state index is -2.06. The number of phenolic OH excluding ortho intramolecular Hbond substituents is 4. The molecule has 2 saturated heterocycles. The van der Waals surface area contributed by atoms with Gasteiger partial charge >= 0.3 is 5.97 Å². The molecule has 0 amide bonds. The van der Waals surface area contributed by atoms with Gasteiger partial charge in [-0.05, 0) is 18.2 Å². The SMILES string of the molecule is O=C(O)[C@H]1O[C@@H](O[C@@H]2[C@@H](O)[C@@H](O)CO[C@H]2c2c(O)cc3oc(-c4ccc(O)c(O)c4)cc(=O)c3c2O)[C@H](O)[C@@H](O)[C@H]1O. The van der Waals surface area contributed by atoms with Crippen LogP contribution in [-0.4, -0.2) is 113 Å². The number of carboxylic acid groups (broad SMARTS) is 1. The fourth-order valence-corrected chi connectivity index (χ4v) is 4.92. The second-order valence-corrected chi connectivity index (χ2v) is 9.86. The van der Waals surface area contributed by atoms with Crippen molar-refractivity contribution >= 4 is 16.9 Å². The lowest BCUT2D eigenvalue weighted by Crippen LogP contribution is -2.62. The van der Waals surface area contributed by atoms with Gasteiger partial charge in [0.2, 0.25) is 0 Å². The van der Waals surface area contributed by atoms with Gasteiger partial charge < -0.3 is 69.7 Å². The van der Waals surface area contributed by atoms with Crippen LogP contribution in [0.2, 0.25) is 0 Å². The predicted octanol–water partition coefficient (Wildman–Crippen LogP) is -1.65. The van der Waals surface area contributed by atoms with Gasteiger partial charge in [-0.1, -0.05) is 0 Å². The van der Waals surface area contributed by atoms with Crippen LogP contribution in [0, 0.1) is 0 Å². The molecule has 5 rings (SSSR count). The van der Waals surface area contributed by atoms with Crippen molar-refractivity contribution in [2.75, 3.05) is 6.61 Å². The summed E-state index contributed by atoms with van der Waals surface area (Å²) < 4.78 is 21.8. The minimum absolute atomic E-state index is 0.0971. The number of benzene rings is 2. The summed E-state index contributed by atoms with van der Waals surface area (Å²) in [6.07, 6.45) is -17.2. The van der Waals surface area contributed by atoms with E-state index in [1.807, 2.05) is 0 Å². The first-order valence-corrected chi connectivity index (χ1v) is 12.4. The van der Waals surface area contributed by atoms with Crippen molar-refractivity contribution in [2.24, 2.45) is 0 Å². The highest BCUT2D eigenvalue weighted by Crippen LogP contribution is 2.45. The summed E-state index contributed by atoms with van der Waals surface area (Å²) in [5.41, 5.74) is -1.48. The lowest BCUT2D eigenvalue weighted by Gasteiger charge is -2.44. The third-order valence-corrected chi connectivity index (χ3v) is 7.14. The van der Waals surface area contributed by atoms with Gasteiger partial charge in [-0.3, -0.25) is 4.79 Å². The quantitative estimate of drug-likeness (QED) is 0.148. The van der Waals surface area contributed by atoms with Crippen molar-refractivity contribution in [3.8, 4) is 34.3 Å². The number of aromatic hydroxyl groups is 4.